The highest BCUT2D eigenvalue weighted by atomic mass is 79.9. The second-order valence-electron chi connectivity index (χ2n) is 2.27. The van der Waals surface area contributed by atoms with E-state index in [2.05, 4.69) is 31.9 Å². The lowest BCUT2D eigenvalue weighted by Gasteiger charge is -2.04. The molecule has 0 saturated carbocycles. The van der Waals surface area contributed by atoms with E-state index in [4.69, 9.17) is 4.74 Å². The van der Waals surface area contributed by atoms with Crippen molar-refractivity contribution in [2.24, 2.45) is 0 Å². The number of carbonyl (C=O) groups excluding carboxylic acids is 1. The zero-order chi connectivity index (χ0) is 9.14. The molecule has 0 aliphatic carbocycles. The van der Waals surface area contributed by atoms with Gasteiger partial charge in [-0.2, -0.15) is 0 Å². The molecule has 1 aromatic carbocycles. The number of benzene rings is 1. The molecule has 1 rings (SSSR count). The van der Waals surface area contributed by atoms with Crippen molar-refractivity contribution in [3.05, 3.63) is 26.6 Å². The number of hydrogen-bond donors (Lipinski definition) is 0. The lowest BCUT2D eigenvalue weighted by atomic mass is 10.2. The predicted octanol–water partition coefficient (Wildman–Crippen LogP) is 3.06. The molecule has 0 unspecified atom stereocenters. The van der Waals surface area contributed by atoms with E-state index in [1.165, 1.54) is 0 Å². The smallest absolute Gasteiger partial charge is 0.298 e. The topological polar surface area (TPSA) is 26.3 Å². The maximum Gasteiger partial charge on any atom is 0.298 e. The van der Waals surface area contributed by atoms with Crippen LogP contribution in [0, 0.1) is 6.92 Å². The van der Waals surface area contributed by atoms with Crippen molar-refractivity contribution in [3.63, 3.8) is 0 Å². The Morgan fingerprint density at radius 1 is 1.33 bits per heavy atom. The monoisotopic (exact) mass is 292 g/mol. The molecule has 0 heterocycles. The Bertz CT molecular complexity index is 287. The Morgan fingerprint density at radius 3 is 2.25 bits per heavy atom. The molecule has 0 radical (unpaired) electrons. The minimum absolute atomic E-state index is 0.403. The van der Waals surface area contributed by atoms with Crippen molar-refractivity contribution in [2.75, 3.05) is 0 Å². The van der Waals surface area contributed by atoms with Crippen LogP contribution in [0.15, 0.2) is 21.1 Å². The van der Waals surface area contributed by atoms with Gasteiger partial charge < -0.3 is 4.74 Å². The third kappa shape index (κ3) is 2.08. The first kappa shape index (κ1) is 9.74. The summed E-state index contributed by atoms with van der Waals surface area (Å²) >= 11 is 6.57. The number of halogens is 2. The minimum Gasteiger partial charge on any atom is -0.426 e. The fourth-order valence-corrected chi connectivity index (χ4v) is 2.45. The molecule has 1 aromatic rings. The summed E-state index contributed by atoms with van der Waals surface area (Å²) in [4.78, 5) is 10.1. The lowest BCUT2D eigenvalue weighted by Crippen LogP contribution is -1.91. The van der Waals surface area contributed by atoms with E-state index in [1.807, 2.05) is 19.1 Å². The zero-order valence-corrected chi connectivity index (χ0v) is 9.48. The van der Waals surface area contributed by atoms with Crippen molar-refractivity contribution in [3.8, 4) is 5.75 Å². The molecule has 0 atom stereocenters. The molecule has 0 N–H and O–H groups in total. The van der Waals surface area contributed by atoms with E-state index in [9.17, 15) is 4.79 Å². The van der Waals surface area contributed by atoms with Gasteiger partial charge in [-0.25, -0.2) is 0 Å². The summed E-state index contributed by atoms with van der Waals surface area (Å²) in [5.74, 6) is 0.510. The predicted molar refractivity (Wildman–Crippen MR) is 53.3 cm³/mol. The molecular weight excluding hydrogens is 288 g/mol. The SMILES string of the molecule is Cc1cc(Br)c(OC=O)c(Br)c1. The van der Waals surface area contributed by atoms with Crippen LogP contribution in [0.4, 0.5) is 0 Å². The van der Waals surface area contributed by atoms with Crippen molar-refractivity contribution in [1.29, 1.82) is 0 Å². The average Bonchev–Trinajstić information content (AvgIpc) is 1.96. The van der Waals surface area contributed by atoms with Gasteiger partial charge >= 0.3 is 0 Å². The molecule has 0 amide bonds. The maximum absolute atomic E-state index is 10.1. The first-order chi connectivity index (χ1) is 5.65. The Labute approximate surface area is 87.2 Å². The molecule has 4 heteroatoms. The van der Waals surface area contributed by atoms with Crippen LogP contribution in [0.3, 0.4) is 0 Å². The van der Waals surface area contributed by atoms with Crippen molar-refractivity contribution >= 4 is 38.3 Å². The fraction of sp³-hybridized carbons (Fsp3) is 0.125. The lowest BCUT2D eigenvalue weighted by molar-refractivity contribution is -0.120. The van der Waals surface area contributed by atoms with Gasteiger partial charge in [-0.15, -0.1) is 0 Å². The van der Waals surface area contributed by atoms with E-state index in [-0.39, 0.29) is 0 Å². The highest BCUT2D eigenvalue weighted by Gasteiger charge is 2.06. The van der Waals surface area contributed by atoms with E-state index < -0.39 is 0 Å². The third-order valence-corrected chi connectivity index (χ3v) is 2.49. The van der Waals surface area contributed by atoms with Crippen LogP contribution in [0.2, 0.25) is 0 Å². The van der Waals surface area contributed by atoms with Crippen LogP contribution in [-0.4, -0.2) is 6.47 Å². The number of aryl methyl sites for hydroxylation is 1. The molecule has 64 valence electrons. The van der Waals surface area contributed by atoms with Gasteiger partial charge in [-0.3, -0.25) is 4.79 Å². The number of hydrogen-bond acceptors (Lipinski definition) is 2. The highest BCUT2D eigenvalue weighted by molar-refractivity contribution is 9.11. The minimum atomic E-state index is 0.403. The maximum atomic E-state index is 10.1. The average molecular weight is 294 g/mol. The molecule has 2 nitrogen and oxygen atoms in total. The molecule has 0 saturated heterocycles. The van der Waals surface area contributed by atoms with E-state index in [0.717, 1.165) is 14.5 Å². The molecule has 0 aliphatic heterocycles. The summed E-state index contributed by atoms with van der Waals surface area (Å²) in [6.45, 7) is 2.36. The molecule has 0 fully saturated rings. The van der Waals surface area contributed by atoms with Crippen molar-refractivity contribution in [1.82, 2.24) is 0 Å². The van der Waals surface area contributed by atoms with Gasteiger partial charge in [0.15, 0.2) is 5.75 Å². The Hall–Kier alpha value is -0.350. The molecule has 0 bridgehead atoms. The summed E-state index contributed by atoms with van der Waals surface area (Å²) in [5.41, 5.74) is 1.09. The van der Waals surface area contributed by atoms with Gasteiger partial charge in [-0.05, 0) is 56.5 Å². The van der Waals surface area contributed by atoms with Gasteiger partial charge in [0.2, 0.25) is 0 Å². The summed E-state index contributed by atoms with van der Waals surface area (Å²) in [6.07, 6.45) is 0. The van der Waals surface area contributed by atoms with Crippen molar-refractivity contribution in [2.45, 2.75) is 6.92 Å². The molecule has 0 aliphatic rings. The van der Waals surface area contributed by atoms with E-state index >= 15 is 0 Å². The molecule has 0 aromatic heterocycles. The third-order valence-electron chi connectivity index (χ3n) is 1.31. The summed E-state index contributed by atoms with van der Waals surface area (Å²) in [6, 6.07) is 3.76. The zero-order valence-electron chi connectivity index (χ0n) is 6.30. The molecular formula is C8H6Br2O2. The van der Waals surface area contributed by atoms with Gasteiger partial charge in [0.05, 0.1) is 8.95 Å². The van der Waals surface area contributed by atoms with Crippen LogP contribution < -0.4 is 4.74 Å². The second-order valence-corrected chi connectivity index (χ2v) is 3.98. The molecule has 0 spiro atoms. The normalized spacial score (nSPS) is 9.58. The number of rotatable bonds is 2. The van der Waals surface area contributed by atoms with E-state index in [1.54, 1.807) is 0 Å². The summed E-state index contributed by atoms with van der Waals surface area (Å²) < 4.78 is 6.28. The summed E-state index contributed by atoms with van der Waals surface area (Å²) in [5, 5.41) is 0. The van der Waals surface area contributed by atoms with Crippen LogP contribution in [0.5, 0.6) is 5.75 Å². The Kier molecular flexibility index (Phi) is 3.29. The number of ether oxygens (including phenoxy) is 1. The van der Waals surface area contributed by atoms with Gasteiger partial charge in [0.1, 0.15) is 0 Å². The van der Waals surface area contributed by atoms with Gasteiger partial charge in [0, 0.05) is 0 Å². The second kappa shape index (κ2) is 4.05. The first-order valence-electron chi connectivity index (χ1n) is 3.21. The Morgan fingerprint density at radius 2 is 1.83 bits per heavy atom. The van der Waals surface area contributed by atoms with Crippen LogP contribution >= 0.6 is 31.9 Å². The summed E-state index contributed by atoms with van der Waals surface area (Å²) in [7, 11) is 0. The first-order valence-corrected chi connectivity index (χ1v) is 4.79. The standard InChI is InChI=1S/C8H6Br2O2/c1-5-2-6(9)8(12-4-11)7(10)3-5/h2-4H,1H3. The van der Waals surface area contributed by atoms with Gasteiger partial charge in [-0.1, -0.05) is 0 Å². The quantitative estimate of drug-likeness (QED) is 0.784. The number of carbonyl (C=O) groups is 1. The van der Waals surface area contributed by atoms with Crippen molar-refractivity contribution < 1.29 is 9.53 Å². The van der Waals surface area contributed by atoms with Crippen LogP contribution in [0.1, 0.15) is 5.56 Å². The molecule has 12 heavy (non-hydrogen) atoms. The largest absolute Gasteiger partial charge is 0.426 e. The Balaban J connectivity index is 3.18. The highest BCUT2D eigenvalue weighted by Crippen LogP contribution is 2.33. The van der Waals surface area contributed by atoms with Crippen LogP contribution in [-0.2, 0) is 4.79 Å². The van der Waals surface area contributed by atoms with Gasteiger partial charge in [0.25, 0.3) is 6.47 Å². The van der Waals surface area contributed by atoms with E-state index in [0.29, 0.717) is 12.2 Å². The fourth-order valence-electron chi connectivity index (χ4n) is 0.847. The van der Waals surface area contributed by atoms with Crippen LogP contribution in [0.25, 0.3) is 0 Å².